The molecule has 4 aromatic rings. The van der Waals surface area contributed by atoms with Crippen molar-refractivity contribution in [3.05, 3.63) is 73.1 Å². The molecule has 2 unspecified atom stereocenters. The van der Waals surface area contributed by atoms with Crippen LogP contribution < -0.4 is 10.5 Å². The summed E-state index contributed by atoms with van der Waals surface area (Å²) in [4.78, 5) is 25.6. The number of aromatic nitrogens is 4. The summed E-state index contributed by atoms with van der Waals surface area (Å²) in [5.41, 5.74) is 8.82. The Morgan fingerprint density at radius 2 is 1.72 bits per heavy atom. The van der Waals surface area contributed by atoms with Crippen LogP contribution in [0.25, 0.3) is 22.3 Å². The molecule has 200 valence electrons. The number of ether oxygens (including phenoxy) is 1. The van der Waals surface area contributed by atoms with E-state index in [2.05, 4.69) is 9.97 Å². The van der Waals surface area contributed by atoms with Gasteiger partial charge in [-0.3, -0.25) is 4.79 Å². The topological polar surface area (TPSA) is 102 Å². The van der Waals surface area contributed by atoms with E-state index in [1.807, 2.05) is 89.3 Å². The van der Waals surface area contributed by atoms with Crippen LogP contribution in [0.2, 0.25) is 0 Å². The lowest BCUT2D eigenvalue weighted by molar-refractivity contribution is -0.125. The number of carbonyl (C=O) groups is 1. The van der Waals surface area contributed by atoms with E-state index in [1.54, 1.807) is 6.08 Å². The van der Waals surface area contributed by atoms with Gasteiger partial charge in [0.05, 0.1) is 11.4 Å². The van der Waals surface area contributed by atoms with E-state index in [0.29, 0.717) is 17.7 Å². The first-order valence-electron chi connectivity index (χ1n) is 13.4. The van der Waals surface area contributed by atoms with Gasteiger partial charge in [-0.2, -0.15) is 5.10 Å². The molecule has 0 bridgehead atoms. The Kier molecular flexibility index (Phi) is 6.74. The zero-order valence-corrected chi connectivity index (χ0v) is 22.3. The summed E-state index contributed by atoms with van der Waals surface area (Å²) in [5.74, 6) is 2.97. The fraction of sp³-hybridized carbons (Fsp3) is 0.333. The highest BCUT2D eigenvalue weighted by Gasteiger charge is 2.43. The Morgan fingerprint density at radius 1 is 1.03 bits per heavy atom. The molecule has 2 N–H and O–H groups in total. The molecule has 0 radical (unpaired) electrons. The molecule has 2 aliphatic rings. The van der Waals surface area contributed by atoms with Gasteiger partial charge in [0, 0.05) is 31.3 Å². The van der Waals surface area contributed by atoms with Gasteiger partial charge in [-0.05, 0) is 75.2 Å². The molecule has 9 heteroatoms. The summed E-state index contributed by atoms with van der Waals surface area (Å²) in [6, 6.07) is 17.8. The molecule has 2 aromatic heterocycles. The van der Waals surface area contributed by atoms with E-state index in [4.69, 9.17) is 15.6 Å². The minimum atomic E-state index is 0.106. The number of amides is 1. The number of nitrogen functional groups attached to an aromatic ring is 1. The molecule has 3 heterocycles. The number of hydrogen-bond donors (Lipinski definition) is 1. The van der Waals surface area contributed by atoms with Gasteiger partial charge in [-0.25, -0.2) is 14.6 Å². The number of fused-ring (bicyclic) bond motifs is 2. The van der Waals surface area contributed by atoms with Gasteiger partial charge < -0.3 is 20.3 Å². The van der Waals surface area contributed by atoms with Crippen LogP contribution in [0.1, 0.15) is 18.9 Å². The number of anilines is 1. The molecule has 1 saturated carbocycles. The van der Waals surface area contributed by atoms with Crippen LogP contribution in [0.15, 0.2) is 73.1 Å². The first-order chi connectivity index (χ1) is 19.0. The van der Waals surface area contributed by atoms with Gasteiger partial charge in [0.2, 0.25) is 5.91 Å². The number of carbonyl (C=O) groups excluding carboxylic acids is 1. The van der Waals surface area contributed by atoms with Crippen molar-refractivity contribution >= 4 is 22.8 Å². The molecule has 2 fully saturated rings. The van der Waals surface area contributed by atoms with Crippen molar-refractivity contribution in [1.29, 1.82) is 0 Å². The third kappa shape index (κ3) is 5.09. The number of likely N-dealkylation sites (tertiary alicyclic amines) is 1. The average Bonchev–Trinajstić information content (AvgIpc) is 3.62. The monoisotopic (exact) mass is 523 g/mol. The van der Waals surface area contributed by atoms with Gasteiger partial charge in [0.1, 0.15) is 29.3 Å². The fourth-order valence-electron chi connectivity index (χ4n) is 5.87. The molecule has 9 nitrogen and oxygen atoms in total. The summed E-state index contributed by atoms with van der Waals surface area (Å²) in [7, 11) is 3.99. The second kappa shape index (κ2) is 10.5. The number of benzene rings is 2. The predicted molar refractivity (Wildman–Crippen MR) is 151 cm³/mol. The summed E-state index contributed by atoms with van der Waals surface area (Å²) in [6.45, 7) is 2.34. The maximum atomic E-state index is 12.7. The third-order valence-corrected chi connectivity index (χ3v) is 7.74. The number of nitrogens with two attached hydrogens (primary N) is 1. The highest BCUT2D eigenvalue weighted by Crippen LogP contribution is 2.45. The zero-order valence-electron chi connectivity index (χ0n) is 22.3. The van der Waals surface area contributed by atoms with Crippen LogP contribution in [0, 0.1) is 11.8 Å². The minimum Gasteiger partial charge on any atom is -0.457 e. The van der Waals surface area contributed by atoms with Crippen LogP contribution in [0.5, 0.6) is 11.5 Å². The molecular formula is C30H33N7O2. The van der Waals surface area contributed by atoms with E-state index in [1.165, 1.54) is 6.33 Å². The van der Waals surface area contributed by atoms with Crippen LogP contribution >= 0.6 is 0 Å². The summed E-state index contributed by atoms with van der Waals surface area (Å²) in [5, 5.41) is 5.82. The molecule has 1 aliphatic carbocycles. The molecule has 1 aliphatic heterocycles. The van der Waals surface area contributed by atoms with Crippen molar-refractivity contribution in [3.8, 4) is 22.8 Å². The maximum Gasteiger partial charge on any atom is 0.246 e. The minimum absolute atomic E-state index is 0.106. The van der Waals surface area contributed by atoms with E-state index in [9.17, 15) is 4.79 Å². The molecule has 39 heavy (non-hydrogen) atoms. The lowest BCUT2D eigenvalue weighted by atomic mass is 10.0. The van der Waals surface area contributed by atoms with Crippen molar-refractivity contribution in [2.45, 2.75) is 18.9 Å². The SMILES string of the molecule is CN(C)C/C=C/C(=O)N1CC2CC(n3nc(-c4ccc(Oc5ccccc5)cc4)c4c(N)ncnc43)CC2C1. The lowest BCUT2D eigenvalue weighted by Crippen LogP contribution is -2.28. The highest BCUT2D eigenvalue weighted by atomic mass is 16.5. The number of hydrogen-bond acceptors (Lipinski definition) is 7. The normalized spacial score (nSPS) is 20.8. The predicted octanol–water partition coefficient (Wildman–Crippen LogP) is 4.40. The maximum absolute atomic E-state index is 12.7. The van der Waals surface area contributed by atoms with E-state index < -0.39 is 0 Å². The van der Waals surface area contributed by atoms with E-state index in [-0.39, 0.29) is 11.9 Å². The van der Waals surface area contributed by atoms with Crippen LogP contribution in [-0.4, -0.2) is 69.2 Å². The van der Waals surface area contributed by atoms with Crippen LogP contribution in [-0.2, 0) is 4.79 Å². The molecule has 2 aromatic carbocycles. The molecular weight excluding hydrogens is 490 g/mol. The van der Waals surface area contributed by atoms with Gasteiger partial charge >= 0.3 is 0 Å². The Balaban J connectivity index is 1.21. The van der Waals surface area contributed by atoms with Crippen LogP contribution in [0.3, 0.4) is 0 Å². The highest BCUT2D eigenvalue weighted by molar-refractivity contribution is 5.98. The largest absolute Gasteiger partial charge is 0.457 e. The Labute approximate surface area is 227 Å². The first kappa shape index (κ1) is 25.1. The zero-order chi connectivity index (χ0) is 26.9. The van der Waals surface area contributed by atoms with Gasteiger partial charge in [-0.1, -0.05) is 24.3 Å². The lowest BCUT2D eigenvalue weighted by Gasteiger charge is -2.18. The van der Waals surface area contributed by atoms with Crippen molar-refractivity contribution < 1.29 is 9.53 Å². The average molecular weight is 524 g/mol. The van der Waals surface area contributed by atoms with Gasteiger partial charge in [0.15, 0.2) is 5.65 Å². The quantitative estimate of drug-likeness (QED) is 0.358. The van der Waals surface area contributed by atoms with Crippen molar-refractivity contribution in [3.63, 3.8) is 0 Å². The summed E-state index contributed by atoms with van der Waals surface area (Å²) < 4.78 is 8.00. The van der Waals surface area contributed by atoms with Crippen molar-refractivity contribution in [2.75, 3.05) is 39.5 Å². The Bertz CT molecular complexity index is 1480. The second-order valence-electron chi connectivity index (χ2n) is 10.7. The Hall–Kier alpha value is -4.24. The summed E-state index contributed by atoms with van der Waals surface area (Å²) in [6.07, 6.45) is 7.06. The summed E-state index contributed by atoms with van der Waals surface area (Å²) >= 11 is 0. The molecule has 2 atom stereocenters. The molecule has 0 spiro atoms. The number of likely N-dealkylation sites (N-methyl/N-ethyl adjacent to an activating group) is 1. The molecule has 1 amide bonds. The second-order valence-corrected chi connectivity index (χ2v) is 10.7. The fourth-order valence-corrected chi connectivity index (χ4v) is 5.87. The Morgan fingerprint density at radius 3 is 2.41 bits per heavy atom. The number of rotatable bonds is 7. The third-order valence-electron chi connectivity index (χ3n) is 7.74. The van der Waals surface area contributed by atoms with Crippen molar-refractivity contribution in [1.82, 2.24) is 29.5 Å². The molecule has 6 rings (SSSR count). The van der Waals surface area contributed by atoms with Crippen LogP contribution in [0.4, 0.5) is 5.82 Å². The van der Waals surface area contributed by atoms with Gasteiger partial charge in [0.25, 0.3) is 0 Å². The molecule has 1 saturated heterocycles. The smallest absolute Gasteiger partial charge is 0.246 e. The van der Waals surface area contributed by atoms with E-state index in [0.717, 1.165) is 66.3 Å². The van der Waals surface area contributed by atoms with Gasteiger partial charge in [-0.15, -0.1) is 0 Å². The number of para-hydroxylation sites is 1. The standard InChI is InChI=1S/C30H33N7O2/c1-35(2)14-6-9-26(38)36-17-21-15-23(16-22(21)18-36)37-30-27(29(31)32-19-33-30)28(34-37)20-10-12-25(13-11-20)39-24-7-4-3-5-8-24/h3-13,19,21-23H,14-18H2,1-2H3,(H2,31,32,33)/b9-6+. The number of nitrogens with zero attached hydrogens (tertiary/aromatic N) is 6. The first-order valence-corrected chi connectivity index (χ1v) is 13.4. The van der Waals surface area contributed by atoms with E-state index >= 15 is 0 Å². The van der Waals surface area contributed by atoms with Crippen molar-refractivity contribution in [2.24, 2.45) is 11.8 Å².